The first kappa shape index (κ1) is 27.6. The summed E-state index contributed by atoms with van der Waals surface area (Å²) in [5, 5.41) is 0.660. The molecule has 7 nitrogen and oxygen atoms in total. The number of fused-ring (bicyclic) bond motifs is 1. The number of sulfonamides is 1. The van der Waals surface area contributed by atoms with Gasteiger partial charge in [0.25, 0.3) is 0 Å². The second-order valence-electron chi connectivity index (χ2n) is 10.8. The van der Waals surface area contributed by atoms with Gasteiger partial charge in [0.1, 0.15) is 11.6 Å². The third kappa shape index (κ3) is 5.80. The van der Waals surface area contributed by atoms with Crippen molar-refractivity contribution in [1.82, 2.24) is 14.3 Å². The summed E-state index contributed by atoms with van der Waals surface area (Å²) in [4.78, 5) is 20.2. The number of imidazole rings is 1. The molecule has 2 aliphatic carbocycles. The molecule has 10 heteroatoms. The zero-order valence-electron chi connectivity index (χ0n) is 22.5. The molecule has 0 aliphatic heterocycles. The molecule has 0 spiro atoms. The van der Waals surface area contributed by atoms with Crippen molar-refractivity contribution in [2.45, 2.75) is 49.1 Å². The van der Waals surface area contributed by atoms with Gasteiger partial charge in [0.05, 0.1) is 11.4 Å². The number of rotatable bonds is 8. The lowest BCUT2D eigenvalue weighted by Crippen LogP contribution is -2.34. The lowest BCUT2D eigenvalue weighted by atomic mass is 9.87. The predicted molar refractivity (Wildman–Crippen MR) is 156 cm³/mol. The van der Waals surface area contributed by atoms with Crippen molar-refractivity contribution in [3.05, 3.63) is 112 Å². The molecular weight excluding hydrogens is 563 g/mol. The monoisotopic (exact) mass is 592 g/mol. The maximum atomic E-state index is 14.0. The number of hydrogen-bond acceptors (Lipinski definition) is 4. The number of aryl methyl sites for hydroxylation is 2. The number of anilines is 1. The van der Waals surface area contributed by atoms with Crippen molar-refractivity contribution in [2.75, 3.05) is 4.90 Å². The van der Waals surface area contributed by atoms with Crippen LogP contribution in [0, 0.1) is 11.7 Å². The van der Waals surface area contributed by atoms with Gasteiger partial charge >= 0.3 is 0 Å². The van der Waals surface area contributed by atoms with Crippen LogP contribution >= 0.6 is 11.6 Å². The van der Waals surface area contributed by atoms with Crippen LogP contribution in [0.1, 0.15) is 53.7 Å². The molecule has 3 unspecified atom stereocenters. The smallest absolute Gasteiger partial charge is 0.241 e. The molecule has 212 valence electrons. The first-order chi connectivity index (χ1) is 19.7. The van der Waals surface area contributed by atoms with E-state index in [2.05, 4.69) is 9.71 Å². The molecular formula is C31H30ClFN4O3S. The Bertz CT molecular complexity index is 1690. The summed E-state index contributed by atoms with van der Waals surface area (Å²) in [7, 11) is -1.99. The standard InChI is InChI=1S/C31H30ClFN4O3S/c1-36-16-15-34-30(36)19-37(31(38)28-18-26(28)21-5-8-22(32)9-6-21)24-12-7-20-3-2-4-29(27(20)17-24)35-41(39,40)25-13-10-23(33)11-14-25/h5-17,26,28-29,35H,2-4,18-19H2,1H3. The van der Waals surface area contributed by atoms with E-state index in [1.807, 2.05) is 60.3 Å². The zero-order chi connectivity index (χ0) is 28.7. The summed E-state index contributed by atoms with van der Waals surface area (Å²) in [6.45, 7) is 0.289. The van der Waals surface area contributed by atoms with Crippen LogP contribution in [0.2, 0.25) is 5.02 Å². The van der Waals surface area contributed by atoms with Crippen molar-refractivity contribution >= 4 is 33.2 Å². The molecule has 2 aliphatic rings. The maximum Gasteiger partial charge on any atom is 0.241 e. The quantitative estimate of drug-likeness (QED) is 0.276. The van der Waals surface area contributed by atoms with Crippen molar-refractivity contribution in [1.29, 1.82) is 0 Å². The molecule has 1 N–H and O–H groups in total. The highest BCUT2D eigenvalue weighted by atomic mass is 35.5. The Balaban J connectivity index is 1.31. The number of aromatic nitrogens is 2. The van der Waals surface area contributed by atoms with E-state index < -0.39 is 21.9 Å². The molecule has 0 radical (unpaired) electrons. The van der Waals surface area contributed by atoms with Gasteiger partial charge in [-0.25, -0.2) is 22.5 Å². The highest BCUT2D eigenvalue weighted by Gasteiger charge is 2.46. The molecule has 0 saturated heterocycles. The normalized spacial score (nSPS) is 19.9. The third-order valence-corrected chi connectivity index (χ3v) is 9.81. The molecule has 4 aromatic rings. The SMILES string of the molecule is Cn1ccnc1CN(C(=O)C1CC1c1ccc(Cl)cc1)c1ccc2c(c1)C(NS(=O)(=O)c1ccc(F)cc1)CCC2. The van der Waals surface area contributed by atoms with E-state index in [-0.39, 0.29) is 29.2 Å². The van der Waals surface area contributed by atoms with Gasteiger partial charge in [-0.05, 0) is 96.8 Å². The molecule has 1 aromatic heterocycles. The van der Waals surface area contributed by atoms with Gasteiger partial charge in [-0.15, -0.1) is 0 Å². The topological polar surface area (TPSA) is 84.3 Å². The number of carbonyl (C=O) groups is 1. The molecule has 3 aromatic carbocycles. The van der Waals surface area contributed by atoms with Crippen LogP contribution in [0.15, 0.2) is 84.0 Å². The van der Waals surface area contributed by atoms with Crippen molar-refractivity contribution in [3.63, 3.8) is 0 Å². The minimum Gasteiger partial charge on any atom is -0.337 e. The summed E-state index contributed by atoms with van der Waals surface area (Å²) in [5.41, 5.74) is 3.68. The first-order valence-corrected chi connectivity index (χ1v) is 15.5. The van der Waals surface area contributed by atoms with E-state index in [0.29, 0.717) is 17.1 Å². The Morgan fingerprint density at radius 1 is 1.12 bits per heavy atom. The Labute approximate surface area is 244 Å². The van der Waals surface area contributed by atoms with E-state index in [0.717, 1.165) is 53.9 Å². The predicted octanol–water partition coefficient (Wildman–Crippen LogP) is 5.91. The minimum atomic E-state index is -3.88. The van der Waals surface area contributed by atoms with E-state index in [4.69, 9.17) is 11.6 Å². The van der Waals surface area contributed by atoms with E-state index in [1.165, 1.54) is 12.1 Å². The maximum absolute atomic E-state index is 14.0. The highest BCUT2D eigenvalue weighted by molar-refractivity contribution is 7.89. The molecule has 1 saturated carbocycles. The van der Waals surface area contributed by atoms with Crippen LogP contribution in [0.5, 0.6) is 0 Å². The van der Waals surface area contributed by atoms with Crippen LogP contribution in [0.4, 0.5) is 10.1 Å². The fourth-order valence-corrected chi connectivity index (χ4v) is 7.05. The number of nitrogens with zero attached hydrogens (tertiary/aromatic N) is 3. The van der Waals surface area contributed by atoms with Crippen LogP contribution in [0.25, 0.3) is 0 Å². The van der Waals surface area contributed by atoms with Gasteiger partial charge in [0.15, 0.2) is 0 Å². The molecule has 3 atom stereocenters. The van der Waals surface area contributed by atoms with Crippen molar-refractivity contribution in [3.8, 4) is 0 Å². The average molecular weight is 593 g/mol. The molecule has 41 heavy (non-hydrogen) atoms. The lowest BCUT2D eigenvalue weighted by Gasteiger charge is -2.29. The first-order valence-electron chi connectivity index (χ1n) is 13.6. The van der Waals surface area contributed by atoms with E-state index in [1.54, 1.807) is 11.1 Å². The van der Waals surface area contributed by atoms with Gasteiger partial charge in [-0.2, -0.15) is 0 Å². The Kier molecular flexibility index (Phi) is 7.44. The van der Waals surface area contributed by atoms with Crippen LogP contribution in [-0.4, -0.2) is 23.9 Å². The largest absolute Gasteiger partial charge is 0.337 e. The van der Waals surface area contributed by atoms with Crippen molar-refractivity contribution in [2.24, 2.45) is 13.0 Å². The third-order valence-electron chi connectivity index (χ3n) is 8.07. The number of amides is 1. The number of halogens is 2. The molecule has 1 amide bonds. The Morgan fingerprint density at radius 2 is 1.88 bits per heavy atom. The fraction of sp³-hybridized carbons (Fsp3) is 0.290. The van der Waals surface area contributed by atoms with Gasteiger partial charge in [0.2, 0.25) is 15.9 Å². The van der Waals surface area contributed by atoms with E-state index >= 15 is 0 Å². The second kappa shape index (κ2) is 11.0. The summed E-state index contributed by atoms with van der Waals surface area (Å²) >= 11 is 6.07. The van der Waals surface area contributed by atoms with E-state index in [9.17, 15) is 17.6 Å². The summed E-state index contributed by atoms with van der Waals surface area (Å²) in [5.74, 6) is 0.209. The number of benzene rings is 3. The highest BCUT2D eigenvalue weighted by Crippen LogP contribution is 2.49. The summed E-state index contributed by atoms with van der Waals surface area (Å²) < 4.78 is 44.5. The molecule has 1 fully saturated rings. The van der Waals surface area contributed by atoms with Gasteiger partial charge < -0.3 is 9.47 Å². The van der Waals surface area contributed by atoms with Crippen LogP contribution in [0.3, 0.4) is 0 Å². The Morgan fingerprint density at radius 3 is 2.59 bits per heavy atom. The number of nitrogens with one attached hydrogen (secondary N) is 1. The number of hydrogen-bond donors (Lipinski definition) is 1. The van der Waals surface area contributed by atoms with Gasteiger partial charge in [-0.3, -0.25) is 4.79 Å². The minimum absolute atomic E-state index is 0.00662. The molecule has 0 bridgehead atoms. The lowest BCUT2D eigenvalue weighted by molar-refractivity contribution is -0.120. The zero-order valence-corrected chi connectivity index (χ0v) is 24.1. The van der Waals surface area contributed by atoms with Crippen LogP contribution < -0.4 is 9.62 Å². The van der Waals surface area contributed by atoms with Crippen LogP contribution in [-0.2, 0) is 34.8 Å². The van der Waals surface area contributed by atoms with Gasteiger partial charge in [0, 0.05) is 42.1 Å². The Hall–Kier alpha value is -3.53. The summed E-state index contributed by atoms with van der Waals surface area (Å²) in [6, 6.07) is 17.8. The second-order valence-corrected chi connectivity index (χ2v) is 12.9. The fourth-order valence-electron chi connectivity index (χ4n) is 5.68. The van der Waals surface area contributed by atoms with Crippen molar-refractivity contribution < 1.29 is 17.6 Å². The summed E-state index contributed by atoms with van der Waals surface area (Å²) in [6.07, 6.45) is 6.56. The number of carbonyl (C=O) groups excluding carboxylic acids is 1. The molecule has 6 rings (SSSR count). The molecule has 1 heterocycles. The van der Waals surface area contributed by atoms with Gasteiger partial charge in [-0.1, -0.05) is 29.8 Å². The average Bonchev–Trinajstić information content (AvgIpc) is 3.66.